The highest BCUT2D eigenvalue weighted by Gasteiger charge is 2.24. The maximum absolute atomic E-state index is 12.5. The molecule has 1 aromatic carbocycles. The molecule has 8 nitrogen and oxygen atoms in total. The SMILES string of the molecule is Cc1cc([N+](=O)[O-])cnc1N1CCN(C(=O)COc2c(C)cccc2C)CC1. The molecule has 0 unspecified atom stereocenters. The second-order valence-electron chi connectivity index (χ2n) is 6.97. The molecule has 0 atom stereocenters. The van der Waals surface area contributed by atoms with Gasteiger partial charge in [-0.2, -0.15) is 0 Å². The number of pyridine rings is 1. The number of benzene rings is 1. The topological polar surface area (TPSA) is 88.8 Å². The van der Waals surface area contributed by atoms with Crippen LogP contribution in [0.15, 0.2) is 30.5 Å². The van der Waals surface area contributed by atoms with Gasteiger partial charge in [0.05, 0.1) is 4.92 Å². The molecule has 0 aliphatic carbocycles. The summed E-state index contributed by atoms with van der Waals surface area (Å²) in [6.45, 7) is 8.13. The molecule has 1 aromatic heterocycles. The van der Waals surface area contributed by atoms with E-state index < -0.39 is 4.92 Å². The van der Waals surface area contributed by atoms with Gasteiger partial charge in [0.25, 0.3) is 11.6 Å². The zero-order valence-electron chi connectivity index (χ0n) is 16.3. The van der Waals surface area contributed by atoms with Crippen LogP contribution in [0.1, 0.15) is 16.7 Å². The standard InChI is InChI=1S/C20H24N4O4/c1-14-5-4-6-15(2)19(14)28-13-18(25)22-7-9-23(10-8-22)20-16(3)11-17(12-21-20)24(26)27/h4-6,11-12H,7-10,13H2,1-3H3. The molecule has 1 saturated heterocycles. The number of carbonyl (C=O) groups excluding carboxylic acids is 1. The number of nitro groups is 1. The Morgan fingerprint density at radius 3 is 2.36 bits per heavy atom. The van der Waals surface area contributed by atoms with Crippen LogP contribution < -0.4 is 9.64 Å². The lowest BCUT2D eigenvalue weighted by Crippen LogP contribution is -2.50. The summed E-state index contributed by atoms with van der Waals surface area (Å²) in [4.78, 5) is 31.0. The largest absolute Gasteiger partial charge is 0.483 e. The molecule has 8 heteroatoms. The minimum atomic E-state index is -0.448. The highest BCUT2D eigenvalue weighted by atomic mass is 16.6. The number of nitrogens with zero attached hydrogens (tertiary/aromatic N) is 4. The normalized spacial score (nSPS) is 14.1. The summed E-state index contributed by atoms with van der Waals surface area (Å²) in [7, 11) is 0. The van der Waals surface area contributed by atoms with Gasteiger partial charge in [-0.05, 0) is 37.5 Å². The Hall–Kier alpha value is -3.16. The Balaban J connectivity index is 1.56. The second kappa shape index (κ2) is 8.24. The third kappa shape index (κ3) is 4.21. The monoisotopic (exact) mass is 384 g/mol. The number of ether oxygens (including phenoxy) is 1. The van der Waals surface area contributed by atoms with Crippen molar-refractivity contribution >= 4 is 17.4 Å². The molecule has 1 fully saturated rings. The molecule has 0 N–H and O–H groups in total. The molecule has 2 aromatic rings. The third-order valence-electron chi connectivity index (χ3n) is 4.93. The minimum absolute atomic E-state index is 0.0144. The van der Waals surface area contributed by atoms with Crippen molar-refractivity contribution in [2.75, 3.05) is 37.7 Å². The van der Waals surface area contributed by atoms with Crippen molar-refractivity contribution in [3.05, 3.63) is 57.3 Å². The molecule has 1 aliphatic heterocycles. The first kappa shape index (κ1) is 19.6. The number of carbonyl (C=O) groups is 1. The molecule has 0 bridgehead atoms. The fourth-order valence-electron chi connectivity index (χ4n) is 3.40. The Kier molecular flexibility index (Phi) is 5.77. The van der Waals surface area contributed by atoms with Crippen LogP contribution in [0.2, 0.25) is 0 Å². The fourth-order valence-corrected chi connectivity index (χ4v) is 3.40. The number of aryl methyl sites for hydroxylation is 3. The summed E-state index contributed by atoms with van der Waals surface area (Å²) in [6, 6.07) is 7.42. The van der Waals surface area contributed by atoms with Crippen LogP contribution in [0.3, 0.4) is 0 Å². The number of hydrogen-bond acceptors (Lipinski definition) is 6. The van der Waals surface area contributed by atoms with Crippen molar-refractivity contribution in [1.82, 2.24) is 9.88 Å². The van der Waals surface area contributed by atoms with E-state index in [4.69, 9.17) is 4.74 Å². The first-order chi connectivity index (χ1) is 13.4. The highest BCUT2D eigenvalue weighted by Crippen LogP contribution is 2.24. The van der Waals surface area contributed by atoms with Gasteiger partial charge in [-0.3, -0.25) is 14.9 Å². The van der Waals surface area contributed by atoms with E-state index in [2.05, 4.69) is 9.88 Å². The van der Waals surface area contributed by atoms with Crippen molar-refractivity contribution in [3.8, 4) is 5.75 Å². The second-order valence-corrected chi connectivity index (χ2v) is 6.97. The number of anilines is 1. The van der Waals surface area contributed by atoms with E-state index in [1.54, 1.807) is 4.90 Å². The molecule has 0 spiro atoms. The van der Waals surface area contributed by atoms with Gasteiger partial charge in [-0.1, -0.05) is 18.2 Å². The number of hydrogen-bond donors (Lipinski definition) is 0. The Morgan fingerprint density at radius 1 is 1.14 bits per heavy atom. The Labute approximate surface area is 163 Å². The molecule has 28 heavy (non-hydrogen) atoms. The quantitative estimate of drug-likeness (QED) is 0.582. The van der Waals surface area contributed by atoms with E-state index in [-0.39, 0.29) is 18.2 Å². The van der Waals surface area contributed by atoms with Gasteiger partial charge in [-0.25, -0.2) is 4.98 Å². The predicted octanol–water partition coefficient (Wildman–Crippen LogP) is 2.64. The molecular weight excluding hydrogens is 360 g/mol. The third-order valence-corrected chi connectivity index (χ3v) is 4.93. The van der Waals surface area contributed by atoms with Gasteiger partial charge in [-0.15, -0.1) is 0 Å². The minimum Gasteiger partial charge on any atom is -0.483 e. The summed E-state index contributed by atoms with van der Waals surface area (Å²) >= 11 is 0. The van der Waals surface area contributed by atoms with Gasteiger partial charge in [0.2, 0.25) is 0 Å². The lowest BCUT2D eigenvalue weighted by atomic mass is 10.1. The van der Waals surface area contributed by atoms with Crippen molar-refractivity contribution in [2.45, 2.75) is 20.8 Å². The van der Waals surface area contributed by atoms with Crippen LogP contribution in [0.5, 0.6) is 5.75 Å². The Bertz CT molecular complexity index is 872. The molecule has 0 saturated carbocycles. The zero-order chi connectivity index (χ0) is 20.3. The van der Waals surface area contributed by atoms with Crippen LogP contribution in [-0.2, 0) is 4.79 Å². The van der Waals surface area contributed by atoms with Gasteiger partial charge in [0.1, 0.15) is 17.8 Å². The summed E-state index contributed by atoms with van der Waals surface area (Å²) in [5.41, 5.74) is 2.76. The van der Waals surface area contributed by atoms with Crippen molar-refractivity contribution < 1.29 is 14.5 Å². The van der Waals surface area contributed by atoms with Crippen LogP contribution in [0.25, 0.3) is 0 Å². The molecule has 1 amide bonds. The average molecular weight is 384 g/mol. The van der Waals surface area contributed by atoms with E-state index in [1.807, 2.05) is 39.0 Å². The molecule has 3 rings (SSSR count). The molecule has 148 valence electrons. The maximum atomic E-state index is 12.5. The van der Waals surface area contributed by atoms with Crippen molar-refractivity contribution in [3.63, 3.8) is 0 Å². The molecular formula is C20H24N4O4. The van der Waals surface area contributed by atoms with Gasteiger partial charge in [0, 0.05) is 32.2 Å². The summed E-state index contributed by atoms with van der Waals surface area (Å²) < 4.78 is 5.77. The number of piperazine rings is 1. The number of amides is 1. The Morgan fingerprint density at radius 2 is 1.79 bits per heavy atom. The molecule has 2 heterocycles. The van der Waals surface area contributed by atoms with Gasteiger partial charge >= 0.3 is 0 Å². The smallest absolute Gasteiger partial charge is 0.287 e. The van der Waals surface area contributed by atoms with Crippen LogP contribution in [-0.4, -0.2) is 53.5 Å². The summed E-state index contributed by atoms with van der Waals surface area (Å²) in [6.07, 6.45) is 1.28. The number of aromatic nitrogens is 1. The van der Waals surface area contributed by atoms with Crippen molar-refractivity contribution in [2.24, 2.45) is 0 Å². The zero-order valence-corrected chi connectivity index (χ0v) is 16.3. The molecule has 1 aliphatic rings. The highest BCUT2D eigenvalue weighted by molar-refractivity contribution is 5.78. The lowest BCUT2D eigenvalue weighted by molar-refractivity contribution is -0.385. The van der Waals surface area contributed by atoms with Crippen molar-refractivity contribution in [1.29, 1.82) is 0 Å². The van der Waals surface area contributed by atoms with E-state index in [0.717, 1.165) is 28.3 Å². The summed E-state index contributed by atoms with van der Waals surface area (Å²) in [5.74, 6) is 1.44. The van der Waals surface area contributed by atoms with Crippen LogP contribution in [0.4, 0.5) is 11.5 Å². The van der Waals surface area contributed by atoms with E-state index in [9.17, 15) is 14.9 Å². The van der Waals surface area contributed by atoms with Gasteiger partial charge < -0.3 is 14.5 Å². The predicted molar refractivity (Wildman–Crippen MR) is 106 cm³/mol. The first-order valence-corrected chi connectivity index (χ1v) is 9.19. The lowest BCUT2D eigenvalue weighted by Gasteiger charge is -2.36. The first-order valence-electron chi connectivity index (χ1n) is 9.19. The molecule has 0 radical (unpaired) electrons. The number of para-hydroxylation sites is 1. The van der Waals surface area contributed by atoms with Crippen LogP contribution >= 0.6 is 0 Å². The number of rotatable bonds is 5. The van der Waals surface area contributed by atoms with E-state index in [1.165, 1.54) is 12.3 Å². The average Bonchev–Trinajstić information content (AvgIpc) is 2.67. The van der Waals surface area contributed by atoms with E-state index in [0.29, 0.717) is 26.2 Å². The summed E-state index contributed by atoms with van der Waals surface area (Å²) in [5, 5.41) is 10.9. The van der Waals surface area contributed by atoms with Gasteiger partial charge in [0.15, 0.2) is 6.61 Å². The van der Waals surface area contributed by atoms with E-state index >= 15 is 0 Å². The maximum Gasteiger partial charge on any atom is 0.287 e. The fraction of sp³-hybridized carbons (Fsp3) is 0.400. The van der Waals surface area contributed by atoms with Crippen LogP contribution in [0, 0.1) is 30.9 Å².